The molecule has 0 amide bonds. The van der Waals surface area contributed by atoms with Crippen LogP contribution in [0.4, 0.5) is 4.39 Å². The molecule has 4 aromatic rings. The number of imidazole rings is 1. The molecule has 0 radical (unpaired) electrons. The number of aromatic nitrogens is 7. The van der Waals surface area contributed by atoms with Crippen LogP contribution in [0.15, 0.2) is 36.9 Å². The molecule has 0 bridgehead atoms. The zero-order chi connectivity index (χ0) is 22.9. The largest absolute Gasteiger partial charge is 0.479 e. The maximum Gasteiger partial charge on any atom is 0.241 e. The average molecular weight is 446 g/mol. The summed E-state index contributed by atoms with van der Waals surface area (Å²) < 4.78 is 23.3. The summed E-state index contributed by atoms with van der Waals surface area (Å²) in [6.07, 6.45) is 10.7. The van der Waals surface area contributed by atoms with E-state index in [0.29, 0.717) is 28.8 Å². The summed E-state index contributed by atoms with van der Waals surface area (Å²) >= 11 is 0. The lowest BCUT2D eigenvalue weighted by molar-refractivity contribution is 0.394. The Hall–Kier alpha value is -3.88. The summed E-state index contributed by atoms with van der Waals surface area (Å²) in [5.74, 6) is 2.20. The number of halogens is 1. The zero-order valence-corrected chi connectivity index (χ0v) is 18.7. The second kappa shape index (κ2) is 8.57. The fourth-order valence-electron chi connectivity index (χ4n) is 4.22. The van der Waals surface area contributed by atoms with Crippen LogP contribution in [0.25, 0.3) is 17.8 Å². The summed E-state index contributed by atoms with van der Waals surface area (Å²) in [4.78, 5) is 17.9. The molecular weight excluding hydrogens is 421 g/mol. The fraction of sp³-hybridized carbons (Fsp3) is 0.292. The van der Waals surface area contributed by atoms with Crippen LogP contribution in [0.3, 0.4) is 0 Å². The van der Waals surface area contributed by atoms with Crippen LogP contribution in [0, 0.1) is 19.7 Å². The SMILES string of the molecule is COc1nc(C=Cc2nc3n(n2)CCCC3c2cccc(F)c2C)ncc1-n1cnc(C)c1. The second-order valence-corrected chi connectivity index (χ2v) is 8.08. The molecule has 0 saturated heterocycles. The molecule has 0 spiro atoms. The van der Waals surface area contributed by atoms with Gasteiger partial charge in [-0.3, -0.25) is 4.57 Å². The van der Waals surface area contributed by atoms with Gasteiger partial charge in [-0.2, -0.15) is 10.1 Å². The number of fused-ring (bicyclic) bond motifs is 1. The Morgan fingerprint density at radius 1 is 1.12 bits per heavy atom. The predicted molar refractivity (Wildman–Crippen MR) is 122 cm³/mol. The van der Waals surface area contributed by atoms with Gasteiger partial charge in [-0.1, -0.05) is 12.1 Å². The van der Waals surface area contributed by atoms with E-state index in [-0.39, 0.29) is 11.7 Å². The van der Waals surface area contributed by atoms with E-state index >= 15 is 0 Å². The highest BCUT2D eigenvalue weighted by molar-refractivity contribution is 5.63. The van der Waals surface area contributed by atoms with Gasteiger partial charge in [-0.15, -0.1) is 0 Å². The standard InChI is InChI=1S/C24H24FN7O/c1-15-13-31(14-27-15)20-12-26-21(29-24(20)33-3)9-10-22-28-23-18(7-5-11-32(23)30-22)17-6-4-8-19(25)16(17)2/h4,6,8-10,12-14,18H,5,7,11H2,1-3H3. The van der Waals surface area contributed by atoms with Crippen molar-refractivity contribution in [2.45, 2.75) is 39.2 Å². The number of nitrogens with zero attached hydrogens (tertiary/aromatic N) is 7. The molecule has 1 atom stereocenters. The van der Waals surface area contributed by atoms with Gasteiger partial charge in [-0.25, -0.2) is 24.0 Å². The highest BCUT2D eigenvalue weighted by atomic mass is 19.1. The van der Waals surface area contributed by atoms with Crippen molar-refractivity contribution in [2.24, 2.45) is 0 Å². The Morgan fingerprint density at radius 3 is 2.76 bits per heavy atom. The predicted octanol–water partition coefficient (Wildman–Crippen LogP) is 4.11. The smallest absolute Gasteiger partial charge is 0.241 e. The van der Waals surface area contributed by atoms with Gasteiger partial charge in [0.1, 0.15) is 17.3 Å². The van der Waals surface area contributed by atoms with Gasteiger partial charge in [0, 0.05) is 18.7 Å². The molecule has 4 heterocycles. The number of benzene rings is 1. The molecule has 1 unspecified atom stereocenters. The molecule has 5 rings (SSSR count). The van der Waals surface area contributed by atoms with Crippen LogP contribution < -0.4 is 4.74 Å². The van der Waals surface area contributed by atoms with E-state index in [1.807, 2.05) is 35.4 Å². The van der Waals surface area contributed by atoms with Crippen molar-refractivity contribution in [2.75, 3.05) is 7.11 Å². The molecule has 0 fully saturated rings. The molecule has 33 heavy (non-hydrogen) atoms. The lowest BCUT2D eigenvalue weighted by atomic mass is 9.88. The van der Waals surface area contributed by atoms with Crippen molar-refractivity contribution in [1.29, 1.82) is 0 Å². The number of hydrogen-bond acceptors (Lipinski definition) is 6. The Labute approximate surface area is 190 Å². The number of aryl methyl sites for hydroxylation is 2. The number of ether oxygens (including phenoxy) is 1. The summed E-state index contributed by atoms with van der Waals surface area (Å²) in [6, 6.07) is 5.23. The van der Waals surface area contributed by atoms with Crippen molar-refractivity contribution in [3.63, 3.8) is 0 Å². The van der Waals surface area contributed by atoms with Crippen LogP contribution >= 0.6 is 0 Å². The minimum absolute atomic E-state index is 0.0263. The molecule has 1 aromatic carbocycles. The minimum atomic E-state index is -0.190. The highest BCUT2D eigenvalue weighted by Gasteiger charge is 2.27. The summed E-state index contributed by atoms with van der Waals surface area (Å²) in [5, 5.41) is 4.63. The quantitative estimate of drug-likeness (QED) is 0.460. The van der Waals surface area contributed by atoms with Gasteiger partial charge in [0.25, 0.3) is 0 Å². The van der Waals surface area contributed by atoms with E-state index in [0.717, 1.165) is 36.5 Å². The van der Waals surface area contributed by atoms with Crippen molar-refractivity contribution in [3.8, 4) is 11.6 Å². The molecule has 0 N–H and O–H groups in total. The Kier molecular flexibility index (Phi) is 5.45. The van der Waals surface area contributed by atoms with Crippen LogP contribution in [-0.2, 0) is 6.54 Å². The molecular formula is C24H24FN7O. The van der Waals surface area contributed by atoms with Gasteiger partial charge in [-0.05, 0) is 56.0 Å². The summed E-state index contributed by atoms with van der Waals surface area (Å²) in [5.41, 5.74) is 3.24. The van der Waals surface area contributed by atoms with E-state index in [9.17, 15) is 4.39 Å². The molecule has 3 aromatic heterocycles. The highest BCUT2D eigenvalue weighted by Crippen LogP contribution is 2.34. The third-order valence-corrected chi connectivity index (χ3v) is 5.90. The first-order valence-corrected chi connectivity index (χ1v) is 10.8. The van der Waals surface area contributed by atoms with E-state index < -0.39 is 0 Å². The van der Waals surface area contributed by atoms with Gasteiger partial charge in [0.15, 0.2) is 11.6 Å². The lowest BCUT2D eigenvalue weighted by Crippen LogP contribution is -2.18. The normalized spacial score (nSPS) is 15.7. The third-order valence-electron chi connectivity index (χ3n) is 5.90. The first-order valence-electron chi connectivity index (χ1n) is 10.8. The fourth-order valence-corrected chi connectivity index (χ4v) is 4.22. The van der Waals surface area contributed by atoms with E-state index in [1.165, 1.54) is 6.07 Å². The van der Waals surface area contributed by atoms with Gasteiger partial charge in [0.2, 0.25) is 5.88 Å². The molecule has 9 heteroatoms. The van der Waals surface area contributed by atoms with E-state index in [1.54, 1.807) is 37.9 Å². The maximum absolute atomic E-state index is 14.1. The Balaban J connectivity index is 1.42. The van der Waals surface area contributed by atoms with Crippen molar-refractivity contribution in [1.82, 2.24) is 34.3 Å². The van der Waals surface area contributed by atoms with Gasteiger partial charge in [0.05, 0.1) is 25.3 Å². The van der Waals surface area contributed by atoms with Crippen LogP contribution in [0.2, 0.25) is 0 Å². The monoisotopic (exact) mass is 445 g/mol. The first-order chi connectivity index (χ1) is 16.0. The molecule has 168 valence electrons. The second-order valence-electron chi connectivity index (χ2n) is 8.08. The number of rotatable bonds is 5. The number of methoxy groups -OCH3 is 1. The van der Waals surface area contributed by atoms with Gasteiger partial charge < -0.3 is 4.74 Å². The van der Waals surface area contributed by atoms with Gasteiger partial charge >= 0.3 is 0 Å². The van der Waals surface area contributed by atoms with Crippen LogP contribution in [0.1, 0.15) is 53.1 Å². The first kappa shape index (κ1) is 21.0. The molecule has 0 aliphatic carbocycles. The summed E-state index contributed by atoms with van der Waals surface area (Å²) in [7, 11) is 1.57. The molecule has 8 nitrogen and oxygen atoms in total. The average Bonchev–Trinajstić information content (AvgIpc) is 3.45. The van der Waals surface area contributed by atoms with E-state index in [4.69, 9.17) is 9.72 Å². The van der Waals surface area contributed by atoms with Crippen LogP contribution in [0.5, 0.6) is 5.88 Å². The van der Waals surface area contributed by atoms with Crippen molar-refractivity contribution < 1.29 is 9.13 Å². The van der Waals surface area contributed by atoms with Crippen molar-refractivity contribution >= 4 is 12.2 Å². The minimum Gasteiger partial charge on any atom is -0.479 e. The maximum atomic E-state index is 14.1. The Bertz CT molecular complexity index is 1340. The molecule has 0 saturated carbocycles. The lowest BCUT2D eigenvalue weighted by Gasteiger charge is -2.23. The third kappa shape index (κ3) is 4.02. The Morgan fingerprint density at radius 2 is 1.97 bits per heavy atom. The van der Waals surface area contributed by atoms with Crippen LogP contribution in [-0.4, -0.2) is 41.4 Å². The topological polar surface area (TPSA) is 83.5 Å². The summed E-state index contributed by atoms with van der Waals surface area (Å²) in [6.45, 7) is 4.53. The molecule has 1 aliphatic rings. The number of hydrogen-bond donors (Lipinski definition) is 0. The van der Waals surface area contributed by atoms with Crippen molar-refractivity contribution in [3.05, 3.63) is 77.0 Å². The van der Waals surface area contributed by atoms with E-state index in [2.05, 4.69) is 20.1 Å². The zero-order valence-electron chi connectivity index (χ0n) is 18.7. The molecule has 1 aliphatic heterocycles.